The zero-order chi connectivity index (χ0) is 20.5. The van der Waals surface area contributed by atoms with Gasteiger partial charge in [-0.3, -0.25) is 9.69 Å². The van der Waals surface area contributed by atoms with E-state index in [0.717, 1.165) is 32.4 Å². The molecule has 0 N–H and O–H groups in total. The highest BCUT2D eigenvalue weighted by Gasteiger charge is 2.36. The molecular weight excluding hydrogens is 432 g/mol. The van der Waals surface area contributed by atoms with E-state index in [-0.39, 0.29) is 11.3 Å². The summed E-state index contributed by atoms with van der Waals surface area (Å²) in [6.45, 7) is 0. The van der Waals surface area contributed by atoms with Crippen LogP contribution in [-0.4, -0.2) is 16.6 Å². The molecule has 0 spiro atoms. The lowest BCUT2D eigenvalue weighted by molar-refractivity contribution is -0.115. The summed E-state index contributed by atoms with van der Waals surface area (Å²) in [5.74, 6) is 0.515. The third-order valence-electron chi connectivity index (χ3n) is 4.93. The maximum atomic E-state index is 12.9. The van der Waals surface area contributed by atoms with Gasteiger partial charge in [0.15, 0.2) is 5.13 Å². The molecular formula is C24H17ClN2OS2. The number of rotatable bonds is 4. The van der Waals surface area contributed by atoms with Gasteiger partial charge >= 0.3 is 0 Å². The Labute approximate surface area is 188 Å². The minimum atomic E-state index is -0.104. The van der Waals surface area contributed by atoms with Crippen LogP contribution in [0.25, 0.3) is 21.7 Å². The Balaban J connectivity index is 1.62. The number of nitrogens with zero attached hydrogens (tertiary/aromatic N) is 2. The third kappa shape index (κ3) is 3.65. The van der Waals surface area contributed by atoms with Gasteiger partial charge in [0, 0.05) is 10.6 Å². The van der Waals surface area contributed by atoms with Gasteiger partial charge in [-0.1, -0.05) is 95.7 Å². The van der Waals surface area contributed by atoms with Crippen molar-refractivity contribution in [3.8, 4) is 21.7 Å². The van der Waals surface area contributed by atoms with Crippen molar-refractivity contribution in [1.29, 1.82) is 0 Å². The lowest BCUT2D eigenvalue weighted by atomic mass is 10.1. The fraction of sp³-hybridized carbons (Fsp3) is 0.0833. The summed E-state index contributed by atoms with van der Waals surface area (Å²) >= 11 is 9.25. The molecule has 1 atom stereocenters. The van der Waals surface area contributed by atoms with Crippen molar-refractivity contribution in [2.24, 2.45) is 0 Å². The van der Waals surface area contributed by atoms with Crippen LogP contribution in [0.3, 0.4) is 0 Å². The second-order valence-electron chi connectivity index (χ2n) is 6.88. The highest BCUT2D eigenvalue weighted by molar-refractivity contribution is 8.00. The smallest absolute Gasteiger partial charge is 0.240 e. The molecule has 1 aromatic heterocycles. The van der Waals surface area contributed by atoms with Crippen LogP contribution in [0.2, 0.25) is 5.02 Å². The number of thioether (sulfide) groups is 1. The van der Waals surface area contributed by atoms with Crippen molar-refractivity contribution >= 4 is 45.7 Å². The molecule has 0 bridgehead atoms. The Kier molecular flexibility index (Phi) is 5.34. The van der Waals surface area contributed by atoms with Crippen molar-refractivity contribution in [3.05, 3.63) is 95.5 Å². The Morgan fingerprint density at radius 2 is 1.50 bits per heavy atom. The lowest BCUT2D eigenvalue weighted by Crippen LogP contribution is -2.27. The first-order valence-electron chi connectivity index (χ1n) is 9.51. The quantitative estimate of drug-likeness (QED) is 0.340. The Morgan fingerprint density at radius 1 is 0.867 bits per heavy atom. The Morgan fingerprint density at radius 3 is 2.17 bits per heavy atom. The van der Waals surface area contributed by atoms with Crippen molar-refractivity contribution < 1.29 is 4.79 Å². The number of anilines is 1. The Bertz CT molecular complexity index is 1120. The molecule has 2 heterocycles. The summed E-state index contributed by atoms with van der Waals surface area (Å²) in [4.78, 5) is 20.7. The molecule has 1 aliphatic heterocycles. The average molecular weight is 449 g/mol. The van der Waals surface area contributed by atoms with Crippen LogP contribution in [0.1, 0.15) is 10.9 Å². The number of halogens is 1. The number of carbonyl (C=O) groups is 1. The molecule has 0 saturated carbocycles. The van der Waals surface area contributed by atoms with E-state index in [1.807, 2.05) is 65.6 Å². The van der Waals surface area contributed by atoms with E-state index in [1.165, 1.54) is 0 Å². The molecule has 0 radical (unpaired) electrons. The maximum Gasteiger partial charge on any atom is 0.240 e. The molecule has 4 aromatic rings. The average Bonchev–Trinajstić information content (AvgIpc) is 3.39. The van der Waals surface area contributed by atoms with Gasteiger partial charge < -0.3 is 0 Å². The minimum absolute atomic E-state index is 0.0768. The zero-order valence-corrected chi connectivity index (χ0v) is 18.3. The summed E-state index contributed by atoms with van der Waals surface area (Å²) < 4.78 is 0. The molecule has 1 fully saturated rings. The number of amides is 1. The molecule has 6 heteroatoms. The first-order valence-corrected chi connectivity index (χ1v) is 11.8. The number of thiazole rings is 1. The van der Waals surface area contributed by atoms with Crippen LogP contribution in [-0.2, 0) is 4.79 Å². The summed E-state index contributed by atoms with van der Waals surface area (Å²) in [6.07, 6.45) is 0. The summed E-state index contributed by atoms with van der Waals surface area (Å²) in [5.41, 5.74) is 4.10. The lowest BCUT2D eigenvalue weighted by Gasteiger charge is -2.21. The highest BCUT2D eigenvalue weighted by atomic mass is 35.5. The number of carbonyl (C=O) groups excluding carboxylic acids is 1. The topological polar surface area (TPSA) is 33.2 Å². The van der Waals surface area contributed by atoms with Crippen molar-refractivity contribution in [2.75, 3.05) is 10.7 Å². The van der Waals surface area contributed by atoms with E-state index >= 15 is 0 Å². The molecule has 1 amide bonds. The Hall–Kier alpha value is -2.60. The van der Waals surface area contributed by atoms with E-state index in [9.17, 15) is 4.79 Å². The molecule has 30 heavy (non-hydrogen) atoms. The normalized spacial score (nSPS) is 16.2. The number of aromatic nitrogens is 1. The largest absolute Gasteiger partial charge is 0.273 e. The van der Waals surface area contributed by atoms with Crippen LogP contribution in [0, 0.1) is 0 Å². The first kappa shape index (κ1) is 19.4. The fourth-order valence-corrected chi connectivity index (χ4v) is 5.98. The first-order chi connectivity index (χ1) is 14.7. The molecule has 3 aromatic carbocycles. The molecule has 0 unspecified atom stereocenters. The second kappa shape index (κ2) is 8.26. The molecule has 3 nitrogen and oxygen atoms in total. The van der Waals surface area contributed by atoms with Gasteiger partial charge in [0.25, 0.3) is 0 Å². The molecule has 0 aliphatic carbocycles. The van der Waals surface area contributed by atoms with E-state index in [4.69, 9.17) is 16.6 Å². The zero-order valence-electron chi connectivity index (χ0n) is 15.9. The van der Waals surface area contributed by atoms with Crippen LogP contribution >= 0.6 is 34.7 Å². The highest BCUT2D eigenvalue weighted by Crippen LogP contribution is 2.47. The molecule has 1 saturated heterocycles. The van der Waals surface area contributed by atoms with Gasteiger partial charge in [-0.2, -0.15) is 0 Å². The van der Waals surface area contributed by atoms with E-state index < -0.39 is 0 Å². The van der Waals surface area contributed by atoms with Gasteiger partial charge in [-0.25, -0.2) is 4.98 Å². The standard InChI is InChI=1S/C24H17ClN2OS2/c25-19-13-11-18(12-14-19)23-27(20(28)15-29-23)24-26-21(16-7-3-1-4-8-16)22(30-24)17-9-5-2-6-10-17/h1-14,23H,15H2/t23-/m0/s1. The SMILES string of the molecule is O=C1CS[C@@H](c2ccc(Cl)cc2)N1c1nc(-c2ccccc2)c(-c2ccccc2)s1. The van der Waals surface area contributed by atoms with Crippen LogP contribution in [0.4, 0.5) is 5.13 Å². The summed E-state index contributed by atoms with van der Waals surface area (Å²) in [6, 6.07) is 28.1. The van der Waals surface area contributed by atoms with Crippen LogP contribution < -0.4 is 4.90 Å². The molecule has 148 valence electrons. The van der Waals surface area contributed by atoms with Gasteiger partial charge in [0.2, 0.25) is 5.91 Å². The minimum Gasteiger partial charge on any atom is -0.273 e. The van der Waals surface area contributed by atoms with Gasteiger partial charge in [-0.15, -0.1) is 11.8 Å². The van der Waals surface area contributed by atoms with Crippen molar-refractivity contribution in [2.45, 2.75) is 5.37 Å². The summed E-state index contributed by atoms with van der Waals surface area (Å²) in [5, 5.41) is 1.31. The van der Waals surface area contributed by atoms with Gasteiger partial charge in [0.05, 0.1) is 16.3 Å². The van der Waals surface area contributed by atoms with Crippen LogP contribution in [0.15, 0.2) is 84.9 Å². The monoisotopic (exact) mass is 448 g/mol. The number of hydrogen-bond acceptors (Lipinski definition) is 4. The number of benzene rings is 3. The maximum absolute atomic E-state index is 12.9. The van der Waals surface area contributed by atoms with Crippen molar-refractivity contribution in [1.82, 2.24) is 4.98 Å². The predicted octanol–water partition coefficient (Wildman–Crippen LogP) is 6.91. The molecule has 1 aliphatic rings. The van der Waals surface area contributed by atoms with Gasteiger partial charge in [0.1, 0.15) is 5.37 Å². The van der Waals surface area contributed by atoms with Gasteiger partial charge in [-0.05, 0) is 23.3 Å². The third-order valence-corrected chi connectivity index (χ3v) is 7.50. The molecule has 5 rings (SSSR count). The van der Waals surface area contributed by atoms with E-state index in [2.05, 4.69) is 24.3 Å². The van der Waals surface area contributed by atoms with Crippen LogP contribution in [0.5, 0.6) is 0 Å². The predicted molar refractivity (Wildman–Crippen MR) is 127 cm³/mol. The van der Waals surface area contributed by atoms with E-state index in [0.29, 0.717) is 10.8 Å². The van der Waals surface area contributed by atoms with Crippen molar-refractivity contribution in [3.63, 3.8) is 0 Å². The van der Waals surface area contributed by atoms with E-state index in [1.54, 1.807) is 23.1 Å². The fourth-order valence-electron chi connectivity index (χ4n) is 3.49. The summed E-state index contributed by atoms with van der Waals surface area (Å²) in [7, 11) is 0. The second-order valence-corrected chi connectivity index (χ2v) is 9.37. The number of hydrogen-bond donors (Lipinski definition) is 0.